The van der Waals surface area contributed by atoms with E-state index in [4.69, 9.17) is 4.74 Å². The Morgan fingerprint density at radius 1 is 0.750 bits per heavy atom. The van der Waals surface area contributed by atoms with E-state index in [0.717, 1.165) is 23.1 Å². The Morgan fingerprint density at radius 3 is 1.89 bits per heavy atom. The first kappa shape index (κ1) is 27.4. The lowest BCUT2D eigenvalue weighted by Gasteiger charge is -2.30. The first-order chi connectivity index (χ1) is 17.6. The molecule has 3 aromatic carbocycles. The van der Waals surface area contributed by atoms with E-state index in [2.05, 4.69) is 60.8 Å². The first-order valence-electron chi connectivity index (χ1n) is 13.0. The lowest BCUT2D eigenvalue weighted by Crippen LogP contribution is -2.54. The van der Waals surface area contributed by atoms with Crippen LogP contribution in [0.3, 0.4) is 0 Å². The summed E-state index contributed by atoms with van der Waals surface area (Å²) in [7, 11) is 0. The number of hydrogen-bond acceptors (Lipinski definition) is 4. The molecule has 36 heavy (non-hydrogen) atoms. The number of carbonyl (C=O) groups is 1. The molecular formula is C31H39NO4. The standard InChI is InChI=1S/C31H39NO4/c1-2-3-4-6-9-25-12-16-28(17-13-25)29-18-14-26(15-19-29)20-21-31(23-33,24-34)32-30(35)36-22-27-10-7-5-8-11-27/h5,7-8,10-19,33-34H,2-4,6,9,20-24H2,1H3,(H,32,35). The molecule has 0 atom stereocenters. The molecule has 0 spiro atoms. The maximum absolute atomic E-state index is 12.3. The molecule has 5 heteroatoms. The molecule has 0 fully saturated rings. The van der Waals surface area contributed by atoms with E-state index in [-0.39, 0.29) is 19.8 Å². The number of aryl methyl sites for hydroxylation is 2. The SMILES string of the molecule is CCCCCCc1ccc(-c2ccc(CCC(CO)(CO)NC(=O)OCc3ccccc3)cc2)cc1. The van der Waals surface area contributed by atoms with E-state index in [1.165, 1.54) is 36.8 Å². The molecule has 0 aliphatic carbocycles. The number of rotatable bonds is 14. The number of alkyl carbamates (subject to hydrolysis) is 1. The van der Waals surface area contributed by atoms with Crippen molar-refractivity contribution < 1.29 is 19.7 Å². The highest BCUT2D eigenvalue weighted by molar-refractivity contribution is 5.68. The summed E-state index contributed by atoms with van der Waals surface area (Å²) < 4.78 is 5.27. The molecule has 3 N–H and O–H groups in total. The molecule has 192 valence electrons. The maximum Gasteiger partial charge on any atom is 0.408 e. The van der Waals surface area contributed by atoms with Crippen LogP contribution < -0.4 is 5.32 Å². The minimum absolute atomic E-state index is 0.126. The Hall–Kier alpha value is -3.15. The van der Waals surface area contributed by atoms with Gasteiger partial charge >= 0.3 is 6.09 Å². The van der Waals surface area contributed by atoms with E-state index >= 15 is 0 Å². The summed E-state index contributed by atoms with van der Waals surface area (Å²) in [6.07, 6.45) is 6.53. The zero-order valence-corrected chi connectivity index (χ0v) is 21.3. The van der Waals surface area contributed by atoms with Crippen molar-refractivity contribution in [1.82, 2.24) is 5.32 Å². The van der Waals surface area contributed by atoms with E-state index in [0.29, 0.717) is 12.8 Å². The van der Waals surface area contributed by atoms with Crippen LogP contribution >= 0.6 is 0 Å². The van der Waals surface area contributed by atoms with Crippen LogP contribution in [0.4, 0.5) is 4.79 Å². The fourth-order valence-corrected chi connectivity index (χ4v) is 4.19. The van der Waals surface area contributed by atoms with Gasteiger partial charge in [-0.15, -0.1) is 0 Å². The molecule has 1 amide bonds. The number of unbranched alkanes of at least 4 members (excludes halogenated alkanes) is 3. The monoisotopic (exact) mass is 489 g/mol. The molecule has 3 aromatic rings. The van der Waals surface area contributed by atoms with Gasteiger partial charge < -0.3 is 20.3 Å². The Balaban J connectivity index is 1.52. The predicted molar refractivity (Wildman–Crippen MR) is 145 cm³/mol. The van der Waals surface area contributed by atoms with Crippen molar-refractivity contribution >= 4 is 6.09 Å². The zero-order chi connectivity index (χ0) is 25.6. The minimum atomic E-state index is -1.15. The number of ether oxygens (including phenoxy) is 1. The molecule has 0 saturated heterocycles. The highest BCUT2D eigenvalue weighted by atomic mass is 16.5. The predicted octanol–water partition coefficient (Wildman–Crippen LogP) is 6.06. The fourth-order valence-electron chi connectivity index (χ4n) is 4.19. The van der Waals surface area contributed by atoms with E-state index in [1.54, 1.807) is 0 Å². The third kappa shape index (κ3) is 8.51. The minimum Gasteiger partial charge on any atom is -0.445 e. The van der Waals surface area contributed by atoms with Crippen molar-refractivity contribution in [2.45, 2.75) is 64.0 Å². The van der Waals surface area contributed by atoms with Crippen LogP contribution in [-0.2, 0) is 24.2 Å². The Kier molecular flexibility index (Phi) is 11.0. The van der Waals surface area contributed by atoms with Gasteiger partial charge in [-0.25, -0.2) is 4.79 Å². The van der Waals surface area contributed by atoms with Crippen LogP contribution in [0.2, 0.25) is 0 Å². The van der Waals surface area contributed by atoms with E-state index < -0.39 is 11.6 Å². The summed E-state index contributed by atoms with van der Waals surface area (Å²) >= 11 is 0. The van der Waals surface area contributed by atoms with Gasteiger partial charge in [0, 0.05) is 0 Å². The normalized spacial score (nSPS) is 11.3. The Bertz CT molecular complexity index is 1030. The number of aliphatic hydroxyl groups excluding tert-OH is 2. The summed E-state index contributed by atoms with van der Waals surface area (Å²) in [5, 5.41) is 22.6. The molecule has 5 nitrogen and oxygen atoms in total. The molecule has 0 bridgehead atoms. The van der Waals surface area contributed by atoms with Gasteiger partial charge in [0.2, 0.25) is 0 Å². The smallest absolute Gasteiger partial charge is 0.408 e. The van der Waals surface area contributed by atoms with E-state index in [1.807, 2.05) is 30.3 Å². The topological polar surface area (TPSA) is 78.8 Å². The van der Waals surface area contributed by atoms with Gasteiger partial charge in [-0.1, -0.05) is 105 Å². The highest BCUT2D eigenvalue weighted by Gasteiger charge is 2.31. The Morgan fingerprint density at radius 2 is 1.33 bits per heavy atom. The van der Waals surface area contributed by atoms with Crippen LogP contribution in [0.1, 0.15) is 55.7 Å². The average Bonchev–Trinajstić information content (AvgIpc) is 2.93. The molecule has 0 aliphatic rings. The Labute approximate surface area is 215 Å². The van der Waals surface area contributed by atoms with Gasteiger partial charge in [-0.05, 0) is 53.5 Å². The number of benzene rings is 3. The van der Waals surface area contributed by atoms with Crippen molar-refractivity contribution in [2.75, 3.05) is 13.2 Å². The van der Waals surface area contributed by atoms with Gasteiger partial charge in [0.05, 0.1) is 18.8 Å². The number of nitrogens with one attached hydrogen (secondary N) is 1. The lowest BCUT2D eigenvalue weighted by molar-refractivity contribution is 0.0677. The van der Waals surface area contributed by atoms with Crippen LogP contribution in [0.5, 0.6) is 0 Å². The second-order valence-electron chi connectivity index (χ2n) is 9.49. The molecule has 0 heterocycles. The zero-order valence-electron chi connectivity index (χ0n) is 21.3. The maximum atomic E-state index is 12.3. The fraction of sp³-hybridized carbons (Fsp3) is 0.387. The second-order valence-corrected chi connectivity index (χ2v) is 9.49. The van der Waals surface area contributed by atoms with Crippen LogP contribution in [-0.4, -0.2) is 35.1 Å². The van der Waals surface area contributed by atoms with Crippen LogP contribution in [0.25, 0.3) is 11.1 Å². The average molecular weight is 490 g/mol. The van der Waals surface area contributed by atoms with Crippen molar-refractivity contribution in [3.63, 3.8) is 0 Å². The number of hydrogen-bond donors (Lipinski definition) is 3. The molecule has 0 unspecified atom stereocenters. The summed E-state index contributed by atoms with van der Waals surface area (Å²) in [5.41, 5.74) is 4.49. The van der Waals surface area contributed by atoms with Gasteiger partial charge in [0.1, 0.15) is 6.61 Å². The third-order valence-electron chi connectivity index (χ3n) is 6.64. The largest absolute Gasteiger partial charge is 0.445 e. The van der Waals surface area contributed by atoms with Crippen molar-refractivity contribution in [3.8, 4) is 11.1 Å². The molecule has 0 radical (unpaired) electrons. The molecule has 3 rings (SSSR count). The third-order valence-corrected chi connectivity index (χ3v) is 6.64. The summed E-state index contributed by atoms with van der Waals surface area (Å²) in [4.78, 5) is 12.3. The van der Waals surface area contributed by atoms with Gasteiger partial charge in [0.25, 0.3) is 0 Å². The quantitative estimate of drug-likeness (QED) is 0.241. The number of aliphatic hydroxyl groups is 2. The van der Waals surface area contributed by atoms with Crippen LogP contribution in [0.15, 0.2) is 78.9 Å². The summed E-state index contributed by atoms with van der Waals surface area (Å²) in [5.74, 6) is 0. The number of amides is 1. The highest BCUT2D eigenvalue weighted by Crippen LogP contribution is 2.23. The van der Waals surface area contributed by atoms with Crippen molar-refractivity contribution in [2.24, 2.45) is 0 Å². The molecule has 0 aromatic heterocycles. The van der Waals surface area contributed by atoms with Crippen molar-refractivity contribution in [1.29, 1.82) is 0 Å². The van der Waals surface area contributed by atoms with Crippen molar-refractivity contribution in [3.05, 3.63) is 95.6 Å². The molecule has 0 aliphatic heterocycles. The number of carbonyl (C=O) groups excluding carboxylic acids is 1. The summed E-state index contributed by atoms with van der Waals surface area (Å²) in [6, 6.07) is 26.5. The van der Waals surface area contributed by atoms with E-state index in [9.17, 15) is 15.0 Å². The summed E-state index contributed by atoms with van der Waals surface area (Å²) in [6.45, 7) is 1.59. The van der Waals surface area contributed by atoms with Gasteiger partial charge in [-0.3, -0.25) is 0 Å². The van der Waals surface area contributed by atoms with Gasteiger partial charge in [0.15, 0.2) is 0 Å². The molecule has 0 saturated carbocycles. The van der Waals surface area contributed by atoms with Crippen LogP contribution in [0, 0.1) is 0 Å². The molecular weight excluding hydrogens is 450 g/mol. The second kappa shape index (κ2) is 14.4. The lowest BCUT2D eigenvalue weighted by atomic mass is 9.92. The van der Waals surface area contributed by atoms with Gasteiger partial charge in [-0.2, -0.15) is 0 Å². The first-order valence-corrected chi connectivity index (χ1v) is 13.0.